The quantitative estimate of drug-likeness (QED) is 0.236. The van der Waals surface area contributed by atoms with Gasteiger partial charge in [-0.05, 0) is 90.1 Å². The Hall–Kier alpha value is -2.35. The van der Waals surface area contributed by atoms with Gasteiger partial charge in [0, 0.05) is 14.8 Å². The van der Waals surface area contributed by atoms with Gasteiger partial charge in [0.2, 0.25) is 0 Å². The van der Waals surface area contributed by atoms with E-state index in [1.54, 1.807) is 7.11 Å². The Labute approximate surface area is 226 Å². The molecule has 1 unspecified atom stereocenters. The molecule has 1 saturated carbocycles. The molecule has 3 nitrogen and oxygen atoms in total. The van der Waals surface area contributed by atoms with E-state index in [0.29, 0.717) is 6.61 Å². The average molecular weight is 521 g/mol. The van der Waals surface area contributed by atoms with E-state index in [0.717, 1.165) is 37.1 Å². The Bertz CT molecular complexity index is 1100. The maximum atomic E-state index is 6.21. The first-order valence-corrected chi connectivity index (χ1v) is 15.5. The smallest absolute Gasteiger partial charge is 0.120 e. The largest absolute Gasteiger partial charge is 0.497 e. The maximum Gasteiger partial charge on any atom is 0.120 e. The number of ether oxygens (including phenoxy) is 2. The second-order valence-electron chi connectivity index (χ2n) is 11.0. The van der Waals surface area contributed by atoms with Crippen LogP contribution < -0.4 is 9.47 Å². The lowest BCUT2D eigenvalue weighted by Gasteiger charge is -2.22. The van der Waals surface area contributed by atoms with E-state index in [1.807, 2.05) is 12.1 Å². The first-order valence-electron chi connectivity index (χ1n) is 13.6. The molecule has 1 aliphatic carbocycles. The number of methoxy groups -OCH3 is 1. The number of rotatable bonds is 11. The highest BCUT2D eigenvalue weighted by Crippen LogP contribution is 2.34. The third kappa shape index (κ3) is 10.9. The molecule has 0 aliphatic heterocycles. The molecule has 1 fully saturated rings. The molecule has 1 aliphatic rings. The molecule has 0 amide bonds. The Morgan fingerprint density at radius 2 is 1.57 bits per heavy atom. The summed E-state index contributed by atoms with van der Waals surface area (Å²) in [6, 6.07) is 23.5. The third-order valence-corrected chi connectivity index (χ3v) is 7.55. The van der Waals surface area contributed by atoms with Crippen LogP contribution in [0.2, 0.25) is 0 Å². The highest BCUT2D eigenvalue weighted by Gasteiger charge is 2.16. The second kappa shape index (κ2) is 14.6. The van der Waals surface area contributed by atoms with Crippen molar-refractivity contribution in [3.05, 3.63) is 83.4 Å². The van der Waals surface area contributed by atoms with Gasteiger partial charge in [0.25, 0.3) is 0 Å². The normalized spacial score (nSPS) is 13.4. The molecular weight excluding hydrogens is 475 g/mol. The fourth-order valence-corrected chi connectivity index (χ4v) is 5.20. The first kappa shape index (κ1) is 29.2. The van der Waals surface area contributed by atoms with E-state index < -0.39 is 0 Å². The number of benzene rings is 3. The lowest BCUT2D eigenvalue weighted by atomic mass is 9.84. The lowest BCUT2D eigenvalue weighted by Crippen LogP contribution is -2.11. The molecule has 1 atom stereocenters. The predicted octanol–water partition coefficient (Wildman–Crippen LogP) is 9.31. The van der Waals surface area contributed by atoms with Crippen LogP contribution in [0.5, 0.6) is 11.5 Å². The standard InChI is InChI=1S/C30H39O3P.C3H6/c1-7-33-34(6)17-16-23-10-8-13-28(19-23)32-22-24-14-15-29(26(18-24)21-30(2,3)4)25-11-9-12-27(20-25)31-5;1-2-3-1/h8-15,18-20H,7,16-17,21-22H2,1-6H3;1-3H2. The van der Waals surface area contributed by atoms with Gasteiger partial charge in [-0.15, -0.1) is 0 Å². The molecule has 0 heterocycles. The minimum absolute atomic E-state index is 0.182. The maximum absolute atomic E-state index is 6.21. The van der Waals surface area contributed by atoms with Crippen LogP contribution in [0.4, 0.5) is 0 Å². The molecule has 4 rings (SSSR count). The summed E-state index contributed by atoms with van der Waals surface area (Å²) in [5, 5.41) is 0. The van der Waals surface area contributed by atoms with Crippen LogP contribution in [0, 0.1) is 5.41 Å². The van der Waals surface area contributed by atoms with Crippen LogP contribution >= 0.6 is 8.15 Å². The van der Waals surface area contributed by atoms with Crippen molar-refractivity contribution in [2.24, 2.45) is 5.41 Å². The molecule has 4 heteroatoms. The molecule has 37 heavy (non-hydrogen) atoms. The average Bonchev–Trinajstić information content (AvgIpc) is 3.76. The number of hydrogen-bond donors (Lipinski definition) is 0. The van der Waals surface area contributed by atoms with Crippen molar-refractivity contribution in [3.8, 4) is 22.6 Å². The molecule has 0 aromatic heterocycles. The summed E-state index contributed by atoms with van der Waals surface area (Å²) in [5.74, 6) is 1.80. The van der Waals surface area contributed by atoms with Crippen LogP contribution in [-0.4, -0.2) is 26.5 Å². The highest BCUT2D eigenvalue weighted by molar-refractivity contribution is 7.51. The van der Waals surface area contributed by atoms with Gasteiger partial charge in [0.05, 0.1) is 7.11 Å². The second-order valence-corrected chi connectivity index (χ2v) is 12.9. The van der Waals surface area contributed by atoms with Gasteiger partial charge in [0.15, 0.2) is 0 Å². The van der Waals surface area contributed by atoms with Gasteiger partial charge in [-0.3, -0.25) is 0 Å². The summed E-state index contributed by atoms with van der Waals surface area (Å²) in [4.78, 5) is 0. The van der Waals surface area contributed by atoms with Gasteiger partial charge in [-0.2, -0.15) is 0 Å². The van der Waals surface area contributed by atoms with Crippen LogP contribution in [0.25, 0.3) is 11.1 Å². The van der Waals surface area contributed by atoms with Crippen molar-refractivity contribution in [2.75, 3.05) is 26.5 Å². The van der Waals surface area contributed by atoms with Crippen molar-refractivity contribution in [1.82, 2.24) is 0 Å². The molecular formula is C33H45O3P. The van der Waals surface area contributed by atoms with Crippen molar-refractivity contribution in [1.29, 1.82) is 0 Å². The number of aryl methyl sites for hydroxylation is 1. The Morgan fingerprint density at radius 1 is 0.838 bits per heavy atom. The van der Waals surface area contributed by atoms with Gasteiger partial charge >= 0.3 is 0 Å². The molecule has 0 radical (unpaired) electrons. The zero-order chi connectivity index (χ0) is 26.7. The van der Waals surface area contributed by atoms with E-state index in [9.17, 15) is 0 Å². The van der Waals surface area contributed by atoms with Crippen molar-refractivity contribution in [2.45, 2.75) is 66.4 Å². The van der Waals surface area contributed by atoms with E-state index in [4.69, 9.17) is 14.0 Å². The van der Waals surface area contributed by atoms with E-state index in [-0.39, 0.29) is 13.6 Å². The van der Waals surface area contributed by atoms with Gasteiger partial charge in [0.1, 0.15) is 18.1 Å². The van der Waals surface area contributed by atoms with Gasteiger partial charge < -0.3 is 14.0 Å². The topological polar surface area (TPSA) is 27.7 Å². The SMILES string of the molecule is C1CC1.CCOP(C)CCc1cccc(OCc2ccc(-c3cccc(OC)c3)c(CC(C)(C)C)c2)c1. The number of hydrogen-bond acceptors (Lipinski definition) is 3. The van der Waals surface area contributed by atoms with E-state index >= 15 is 0 Å². The summed E-state index contributed by atoms with van der Waals surface area (Å²) < 4.78 is 17.4. The van der Waals surface area contributed by atoms with Crippen molar-refractivity contribution in [3.63, 3.8) is 0 Å². The lowest BCUT2D eigenvalue weighted by molar-refractivity contribution is 0.305. The molecule has 0 bridgehead atoms. The first-order chi connectivity index (χ1) is 17.8. The van der Waals surface area contributed by atoms with Crippen molar-refractivity contribution < 1.29 is 14.0 Å². The summed E-state index contributed by atoms with van der Waals surface area (Å²) in [7, 11) is 1.37. The zero-order valence-electron chi connectivity index (χ0n) is 23.7. The summed E-state index contributed by atoms with van der Waals surface area (Å²) >= 11 is 0. The summed E-state index contributed by atoms with van der Waals surface area (Å²) in [6.07, 6.45) is 7.58. The Kier molecular flexibility index (Phi) is 11.5. The summed E-state index contributed by atoms with van der Waals surface area (Å²) in [6.45, 7) is 12.4. The molecule has 0 saturated heterocycles. The van der Waals surface area contributed by atoms with Crippen LogP contribution in [0.15, 0.2) is 66.7 Å². The van der Waals surface area contributed by atoms with Gasteiger partial charge in [-0.25, -0.2) is 0 Å². The summed E-state index contributed by atoms with van der Waals surface area (Å²) in [5.41, 5.74) is 6.44. The van der Waals surface area contributed by atoms with Crippen LogP contribution in [0.1, 0.15) is 63.6 Å². The molecule has 0 N–H and O–H groups in total. The molecule has 3 aromatic carbocycles. The molecule has 0 spiro atoms. The third-order valence-electron chi connectivity index (χ3n) is 5.99. The van der Waals surface area contributed by atoms with E-state index in [2.05, 4.69) is 89.0 Å². The Morgan fingerprint density at radius 3 is 2.24 bits per heavy atom. The minimum atomic E-state index is -0.348. The predicted molar refractivity (Wildman–Crippen MR) is 159 cm³/mol. The van der Waals surface area contributed by atoms with Crippen LogP contribution in [0.3, 0.4) is 0 Å². The monoisotopic (exact) mass is 520 g/mol. The Balaban J connectivity index is 0.00000118. The fourth-order valence-electron chi connectivity index (χ4n) is 4.06. The van der Waals surface area contributed by atoms with Crippen molar-refractivity contribution >= 4 is 8.15 Å². The van der Waals surface area contributed by atoms with Gasteiger partial charge in [-0.1, -0.05) is 82.5 Å². The molecule has 200 valence electrons. The zero-order valence-corrected chi connectivity index (χ0v) is 24.6. The molecule has 3 aromatic rings. The minimum Gasteiger partial charge on any atom is -0.497 e. The van der Waals surface area contributed by atoms with E-state index in [1.165, 1.54) is 47.1 Å². The fraction of sp³-hybridized carbons (Fsp3) is 0.455. The highest BCUT2D eigenvalue weighted by atomic mass is 31.1. The van der Waals surface area contributed by atoms with Crippen LogP contribution in [-0.2, 0) is 24.0 Å².